The first-order chi connectivity index (χ1) is 16.0. The summed E-state index contributed by atoms with van der Waals surface area (Å²) >= 11 is 5.57. The van der Waals surface area contributed by atoms with Gasteiger partial charge in [0.2, 0.25) is 5.95 Å². The molecule has 2 aliphatic rings. The van der Waals surface area contributed by atoms with E-state index in [4.69, 9.17) is 26.9 Å². The van der Waals surface area contributed by atoms with Crippen LogP contribution >= 0.6 is 12.2 Å². The number of nitrogens with zero attached hydrogens (tertiary/aromatic N) is 4. The molecule has 8 heteroatoms. The second-order valence-electron chi connectivity index (χ2n) is 9.30. The molecule has 1 aromatic heterocycles. The van der Waals surface area contributed by atoms with E-state index >= 15 is 0 Å². The Hall–Kier alpha value is -2.61. The third-order valence-corrected chi connectivity index (χ3v) is 6.86. The molecule has 0 amide bonds. The first-order valence-electron chi connectivity index (χ1n) is 12.1. The monoisotopic (exact) mass is 468 g/mol. The number of piperidine rings is 2. The Morgan fingerprint density at radius 3 is 2.58 bits per heavy atom. The molecule has 2 N–H and O–H groups in total. The van der Waals surface area contributed by atoms with Gasteiger partial charge in [0.15, 0.2) is 5.11 Å². The maximum atomic E-state index is 5.57. The van der Waals surface area contributed by atoms with Gasteiger partial charge in [-0.3, -0.25) is 0 Å². The number of methoxy groups -OCH3 is 1. The zero-order valence-corrected chi connectivity index (χ0v) is 20.8. The summed E-state index contributed by atoms with van der Waals surface area (Å²) in [5.74, 6) is 4.06. The van der Waals surface area contributed by atoms with Gasteiger partial charge in [-0.05, 0) is 74.9 Å². The van der Waals surface area contributed by atoms with Crippen molar-refractivity contribution in [1.29, 1.82) is 0 Å². The van der Waals surface area contributed by atoms with E-state index in [1.54, 1.807) is 7.11 Å². The molecule has 0 radical (unpaired) electrons. The van der Waals surface area contributed by atoms with Crippen LogP contribution in [0.3, 0.4) is 0 Å². The topological polar surface area (TPSA) is 65.6 Å². The molecular formula is C25H36N6OS. The van der Waals surface area contributed by atoms with Crippen molar-refractivity contribution < 1.29 is 4.74 Å². The van der Waals surface area contributed by atoms with Gasteiger partial charge in [0.25, 0.3) is 0 Å². The lowest BCUT2D eigenvalue weighted by atomic mass is 10.0. The zero-order valence-electron chi connectivity index (χ0n) is 20.0. The summed E-state index contributed by atoms with van der Waals surface area (Å²) in [6.45, 7) is 8.33. The number of hydrogen-bond acceptors (Lipinski definition) is 6. The van der Waals surface area contributed by atoms with Gasteiger partial charge >= 0.3 is 0 Å². The molecule has 1 aromatic carbocycles. The van der Waals surface area contributed by atoms with Crippen molar-refractivity contribution in [1.82, 2.24) is 15.3 Å². The van der Waals surface area contributed by atoms with Crippen molar-refractivity contribution in [3.05, 3.63) is 35.9 Å². The summed E-state index contributed by atoms with van der Waals surface area (Å²) in [7, 11) is 1.67. The number of hydrogen-bond donors (Lipinski definition) is 2. The van der Waals surface area contributed by atoms with Gasteiger partial charge in [-0.1, -0.05) is 19.1 Å². The summed E-state index contributed by atoms with van der Waals surface area (Å²) in [6, 6.07) is 10.6. The SMILES string of the molecule is COc1ccc(CNC(=S)Nc2nc(N3CCC[C@@H](C)C3)cc(N3CCCC[C@@H]3C)n2)cc1. The first kappa shape index (κ1) is 23.5. The lowest BCUT2D eigenvalue weighted by Gasteiger charge is -2.36. The van der Waals surface area contributed by atoms with Crippen LogP contribution in [-0.4, -0.2) is 47.9 Å². The Kier molecular flexibility index (Phi) is 7.85. The number of ether oxygens (including phenoxy) is 1. The molecule has 2 atom stereocenters. The zero-order chi connectivity index (χ0) is 23.2. The van der Waals surface area contributed by atoms with Crippen LogP contribution in [0, 0.1) is 5.92 Å². The number of aromatic nitrogens is 2. The highest BCUT2D eigenvalue weighted by Gasteiger charge is 2.24. The Bertz CT molecular complexity index is 937. The highest BCUT2D eigenvalue weighted by atomic mass is 32.1. The van der Waals surface area contributed by atoms with E-state index in [1.807, 2.05) is 24.3 Å². The molecule has 2 fully saturated rings. The third kappa shape index (κ3) is 6.25. The van der Waals surface area contributed by atoms with Crippen molar-refractivity contribution in [3.63, 3.8) is 0 Å². The maximum Gasteiger partial charge on any atom is 0.232 e. The Morgan fingerprint density at radius 1 is 1.06 bits per heavy atom. The molecule has 3 heterocycles. The Morgan fingerprint density at radius 2 is 1.85 bits per heavy atom. The number of anilines is 3. The summed E-state index contributed by atoms with van der Waals surface area (Å²) in [4.78, 5) is 14.5. The van der Waals surface area contributed by atoms with Crippen LogP contribution in [0.1, 0.15) is 51.5 Å². The van der Waals surface area contributed by atoms with Gasteiger partial charge in [0.05, 0.1) is 7.11 Å². The van der Waals surface area contributed by atoms with Gasteiger partial charge in [-0.2, -0.15) is 9.97 Å². The molecule has 7 nitrogen and oxygen atoms in total. The molecule has 4 rings (SSSR count). The minimum atomic E-state index is 0.481. The van der Waals surface area contributed by atoms with Gasteiger partial charge in [0, 0.05) is 38.3 Å². The molecule has 2 saturated heterocycles. The molecule has 0 unspecified atom stereocenters. The highest BCUT2D eigenvalue weighted by molar-refractivity contribution is 7.80. The average molecular weight is 469 g/mol. The van der Waals surface area contributed by atoms with Gasteiger partial charge in [-0.25, -0.2) is 0 Å². The molecule has 2 aromatic rings. The minimum Gasteiger partial charge on any atom is -0.497 e. The number of rotatable bonds is 6. The van der Waals surface area contributed by atoms with E-state index in [9.17, 15) is 0 Å². The maximum absolute atomic E-state index is 5.57. The van der Waals surface area contributed by atoms with E-state index in [1.165, 1.54) is 32.1 Å². The van der Waals surface area contributed by atoms with E-state index in [0.717, 1.165) is 42.6 Å². The molecule has 33 heavy (non-hydrogen) atoms. The van der Waals surface area contributed by atoms with E-state index in [2.05, 4.69) is 40.3 Å². The minimum absolute atomic E-state index is 0.481. The lowest BCUT2D eigenvalue weighted by Crippen LogP contribution is -2.39. The van der Waals surface area contributed by atoms with Crippen molar-refractivity contribution in [2.45, 2.75) is 58.5 Å². The first-order valence-corrected chi connectivity index (χ1v) is 12.5. The summed E-state index contributed by atoms with van der Waals surface area (Å²) in [5, 5.41) is 7.03. The molecule has 0 aliphatic carbocycles. The summed E-state index contributed by atoms with van der Waals surface area (Å²) in [6.07, 6.45) is 6.16. The van der Waals surface area contributed by atoms with Crippen LogP contribution in [0.4, 0.5) is 17.6 Å². The molecular weight excluding hydrogens is 432 g/mol. The van der Waals surface area contributed by atoms with Gasteiger partial charge < -0.3 is 25.2 Å². The van der Waals surface area contributed by atoms with Crippen molar-refractivity contribution in [3.8, 4) is 5.75 Å². The molecule has 178 valence electrons. The van der Waals surface area contributed by atoms with E-state index < -0.39 is 0 Å². The Labute approximate surface area is 202 Å². The molecule has 0 saturated carbocycles. The van der Waals surface area contributed by atoms with Crippen molar-refractivity contribution >= 4 is 34.9 Å². The number of benzene rings is 1. The smallest absolute Gasteiger partial charge is 0.232 e. The van der Waals surface area contributed by atoms with E-state index in [-0.39, 0.29) is 0 Å². The standard InChI is InChI=1S/C25H36N6OS/c1-18-7-6-13-30(17-18)22-15-23(31-14-5-4-8-19(31)2)28-24(27-22)29-25(33)26-16-20-9-11-21(32-3)12-10-20/h9-12,15,18-19H,4-8,13-14,16-17H2,1-3H3,(H2,26,27,28,29,33)/t18-,19+/m1/s1. The fourth-order valence-electron chi connectivity index (χ4n) is 4.69. The highest BCUT2D eigenvalue weighted by Crippen LogP contribution is 2.29. The van der Waals surface area contributed by atoms with Crippen LogP contribution < -0.4 is 25.2 Å². The second-order valence-corrected chi connectivity index (χ2v) is 9.70. The summed E-state index contributed by atoms with van der Waals surface area (Å²) in [5.41, 5.74) is 1.12. The normalized spacial score (nSPS) is 20.9. The lowest BCUT2D eigenvalue weighted by molar-refractivity contribution is 0.414. The van der Waals surface area contributed by atoms with Crippen LogP contribution in [0.15, 0.2) is 30.3 Å². The third-order valence-electron chi connectivity index (χ3n) is 6.61. The predicted molar refractivity (Wildman–Crippen MR) is 139 cm³/mol. The van der Waals surface area contributed by atoms with Crippen LogP contribution in [0.5, 0.6) is 5.75 Å². The Balaban J connectivity index is 1.49. The number of nitrogens with one attached hydrogen (secondary N) is 2. The molecule has 0 spiro atoms. The number of thiocarbonyl (C=S) groups is 1. The molecule has 0 bridgehead atoms. The van der Waals surface area contributed by atoms with Gasteiger partial charge in [-0.15, -0.1) is 0 Å². The van der Waals surface area contributed by atoms with Gasteiger partial charge in [0.1, 0.15) is 17.4 Å². The fraction of sp³-hybridized carbons (Fsp3) is 0.560. The molecule has 2 aliphatic heterocycles. The van der Waals surface area contributed by atoms with Crippen LogP contribution in [0.25, 0.3) is 0 Å². The largest absolute Gasteiger partial charge is 0.497 e. The predicted octanol–water partition coefficient (Wildman–Crippen LogP) is 4.59. The van der Waals surface area contributed by atoms with Crippen molar-refractivity contribution in [2.24, 2.45) is 5.92 Å². The van der Waals surface area contributed by atoms with Crippen molar-refractivity contribution in [2.75, 3.05) is 41.9 Å². The quantitative estimate of drug-likeness (QED) is 0.597. The second kappa shape index (κ2) is 11.0. The average Bonchev–Trinajstić information content (AvgIpc) is 2.83. The summed E-state index contributed by atoms with van der Waals surface area (Å²) < 4.78 is 5.23. The van der Waals surface area contributed by atoms with Crippen LogP contribution in [0.2, 0.25) is 0 Å². The fourth-order valence-corrected chi connectivity index (χ4v) is 4.86. The van der Waals surface area contributed by atoms with E-state index in [0.29, 0.717) is 29.6 Å². The van der Waals surface area contributed by atoms with Crippen LogP contribution in [-0.2, 0) is 6.54 Å².